The van der Waals surface area contributed by atoms with Crippen LogP contribution in [0.4, 0.5) is 5.69 Å². The highest BCUT2D eigenvalue weighted by Gasteiger charge is 2.28. The average molecular weight is 654 g/mol. The molecule has 0 saturated carbocycles. The normalized spacial score (nSPS) is 14.2. The van der Waals surface area contributed by atoms with Crippen molar-refractivity contribution >= 4 is 17.0 Å². The minimum absolute atomic E-state index is 0.0899. The van der Waals surface area contributed by atoms with E-state index in [4.69, 9.17) is 16.6 Å². The summed E-state index contributed by atoms with van der Waals surface area (Å²) in [5.41, 5.74) is 16.5. The molecule has 1 aliphatic rings. The smallest absolute Gasteiger partial charge is 0.137 e. The Kier molecular flexibility index (Phi) is 7.79. The van der Waals surface area contributed by atoms with Crippen LogP contribution >= 0.6 is 0 Å². The van der Waals surface area contributed by atoms with Crippen LogP contribution in [-0.2, 0) is 6.42 Å². The first-order valence-corrected chi connectivity index (χ1v) is 17.4. The number of pyridine rings is 1. The number of hydrogen-bond acceptors (Lipinski definition) is 2. The van der Waals surface area contributed by atoms with Crippen molar-refractivity contribution in [3.63, 3.8) is 0 Å². The third-order valence-electron chi connectivity index (χ3n) is 9.87. The van der Waals surface area contributed by atoms with E-state index in [2.05, 4.69) is 180 Å². The Labute approximate surface area is 298 Å². The molecule has 51 heavy (non-hydrogen) atoms. The summed E-state index contributed by atoms with van der Waals surface area (Å²) in [4.78, 5) is 10.5. The number of rotatable bonds is 6. The lowest BCUT2D eigenvalue weighted by molar-refractivity contribution is 0.989. The molecule has 2 aromatic heterocycles. The van der Waals surface area contributed by atoms with Crippen LogP contribution in [0.1, 0.15) is 22.6 Å². The lowest BCUT2D eigenvalue weighted by atomic mass is 9.80. The third kappa shape index (κ3) is 5.79. The van der Waals surface area contributed by atoms with Crippen LogP contribution in [-0.4, -0.2) is 15.1 Å². The zero-order chi connectivity index (χ0) is 34.1. The van der Waals surface area contributed by atoms with Crippen LogP contribution in [0, 0.1) is 0 Å². The number of para-hydroxylation sites is 1. The lowest BCUT2D eigenvalue weighted by Crippen LogP contribution is -2.16. The largest absolute Gasteiger partial charge is 0.299 e. The maximum atomic E-state index is 5.37. The summed E-state index contributed by atoms with van der Waals surface area (Å²) in [7, 11) is 0. The van der Waals surface area contributed by atoms with Gasteiger partial charge in [-0.05, 0) is 69.6 Å². The summed E-state index contributed by atoms with van der Waals surface area (Å²) in [5, 5.41) is 0. The molecule has 1 unspecified atom stereocenters. The van der Waals surface area contributed by atoms with Crippen molar-refractivity contribution < 1.29 is 0 Å². The molecule has 1 atom stereocenters. The molecule has 0 radical (unpaired) electrons. The van der Waals surface area contributed by atoms with Crippen LogP contribution in [0.25, 0.3) is 50.4 Å². The van der Waals surface area contributed by atoms with E-state index in [9.17, 15) is 0 Å². The topological polar surface area (TPSA) is 29.7 Å². The van der Waals surface area contributed by atoms with Crippen LogP contribution in [0.5, 0.6) is 0 Å². The van der Waals surface area contributed by atoms with Crippen LogP contribution < -0.4 is 0 Å². The van der Waals surface area contributed by atoms with Gasteiger partial charge in [0.25, 0.3) is 0 Å². The minimum Gasteiger partial charge on any atom is -0.299 e. The molecule has 3 heterocycles. The van der Waals surface area contributed by atoms with E-state index >= 15 is 0 Å². The number of fused-ring (bicyclic) bond motifs is 2. The zero-order valence-electron chi connectivity index (χ0n) is 28.2. The predicted octanol–water partition coefficient (Wildman–Crippen LogP) is 12.0. The fraction of sp³-hybridized carbons (Fsp3) is 0.0417. The van der Waals surface area contributed by atoms with E-state index in [1.165, 1.54) is 22.3 Å². The fourth-order valence-electron chi connectivity index (χ4n) is 7.41. The monoisotopic (exact) mass is 653 g/mol. The van der Waals surface area contributed by atoms with Crippen molar-refractivity contribution in [3.8, 4) is 44.8 Å². The molecule has 3 heteroatoms. The van der Waals surface area contributed by atoms with E-state index in [1.807, 2.05) is 6.07 Å². The van der Waals surface area contributed by atoms with Gasteiger partial charge in [0.1, 0.15) is 5.65 Å². The van der Waals surface area contributed by atoms with Gasteiger partial charge in [-0.2, -0.15) is 0 Å². The second kappa shape index (κ2) is 13.0. The van der Waals surface area contributed by atoms with E-state index < -0.39 is 0 Å². The zero-order valence-corrected chi connectivity index (χ0v) is 28.2. The molecule has 0 amide bonds. The SMILES string of the molecule is C=C1Cc2ccccc2N=C(c2ccccc2)C1c1cc(-c2ccccc2)cc(-c2ccc(-c3nc4ccccn4c3-c3ccccc3)cc2)c1. The summed E-state index contributed by atoms with van der Waals surface area (Å²) < 4.78 is 2.18. The molecule has 0 N–H and O–H groups in total. The molecule has 0 spiro atoms. The molecule has 0 aliphatic carbocycles. The highest BCUT2D eigenvalue weighted by Crippen LogP contribution is 2.41. The van der Waals surface area contributed by atoms with Crippen LogP contribution in [0.3, 0.4) is 0 Å². The van der Waals surface area contributed by atoms with Gasteiger partial charge >= 0.3 is 0 Å². The van der Waals surface area contributed by atoms with Gasteiger partial charge in [-0.25, -0.2) is 4.98 Å². The van der Waals surface area contributed by atoms with Crippen LogP contribution in [0.15, 0.2) is 199 Å². The Bertz CT molecular complexity index is 2540. The summed E-state index contributed by atoms with van der Waals surface area (Å²) in [5.74, 6) is -0.0899. The molecule has 242 valence electrons. The molecule has 3 nitrogen and oxygen atoms in total. The Hall–Kier alpha value is -6.58. The quantitative estimate of drug-likeness (QED) is 0.164. The number of hydrogen-bond donors (Lipinski definition) is 0. The minimum atomic E-state index is -0.0899. The van der Waals surface area contributed by atoms with Crippen molar-refractivity contribution in [2.24, 2.45) is 4.99 Å². The van der Waals surface area contributed by atoms with Crippen molar-refractivity contribution in [2.75, 3.05) is 0 Å². The fourth-order valence-corrected chi connectivity index (χ4v) is 7.41. The maximum Gasteiger partial charge on any atom is 0.137 e. The highest BCUT2D eigenvalue weighted by molar-refractivity contribution is 6.09. The molecule has 8 aromatic rings. The summed E-state index contributed by atoms with van der Waals surface area (Å²) in [6, 6.07) is 62.2. The van der Waals surface area contributed by atoms with Gasteiger partial charge in [0, 0.05) is 23.2 Å². The summed E-state index contributed by atoms with van der Waals surface area (Å²) in [6.45, 7) is 4.72. The van der Waals surface area contributed by atoms with Crippen LogP contribution in [0.2, 0.25) is 0 Å². The number of aromatic nitrogens is 2. The third-order valence-corrected chi connectivity index (χ3v) is 9.87. The highest BCUT2D eigenvalue weighted by atomic mass is 15.0. The Morgan fingerprint density at radius 2 is 1.08 bits per heavy atom. The second-order valence-corrected chi connectivity index (χ2v) is 13.2. The Morgan fingerprint density at radius 1 is 0.510 bits per heavy atom. The van der Waals surface area contributed by atoms with E-state index in [0.717, 1.165) is 68.2 Å². The van der Waals surface area contributed by atoms with E-state index in [-0.39, 0.29) is 5.92 Å². The first kappa shape index (κ1) is 30.5. The molecule has 0 fully saturated rings. The van der Waals surface area contributed by atoms with Gasteiger partial charge in [0.15, 0.2) is 0 Å². The Balaban J connectivity index is 1.19. The summed E-state index contributed by atoms with van der Waals surface area (Å²) in [6.07, 6.45) is 2.86. The van der Waals surface area contributed by atoms with Crippen molar-refractivity contribution in [3.05, 3.63) is 211 Å². The van der Waals surface area contributed by atoms with E-state index in [0.29, 0.717) is 0 Å². The molecule has 1 aliphatic heterocycles. The van der Waals surface area contributed by atoms with E-state index in [1.54, 1.807) is 0 Å². The standard InChI is InChI=1S/C48H35N3/c1-33-29-39-21-11-12-22-43(39)49-46(36-17-7-3-8-18-36)45(33)42-31-40(34-15-5-2-6-16-34)30-41(32-42)35-24-26-37(27-25-35)47-48(38-19-9-4-10-20-38)51-28-14-13-23-44(51)50-47/h2-28,30-32,45H,1,29H2. The number of allylic oxidation sites excluding steroid dienone is 1. The molecule has 9 rings (SSSR count). The summed E-state index contributed by atoms with van der Waals surface area (Å²) >= 11 is 0. The number of nitrogens with zero attached hydrogens (tertiary/aromatic N) is 3. The maximum absolute atomic E-state index is 5.37. The Morgan fingerprint density at radius 3 is 1.78 bits per heavy atom. The first-order valence-electron chi connectivity index (χ1n) is 17.4. The van der Waals surface area contributed by atoms with Gasteiger partial charge in [-0.1, -0.05) is 164 Å². The average Bonchev–Trinajstić information content (AvgIpc) is 3.51. The number of imidazole rings is 1. The molecular formula is C48H35N3. The second-order valence-electron chi connectivity index (χ2n) is 13.2. The predicted molar refractivity (Wildman–Crippen MR) is 212 cm³/mol. The van der Waals surface area contributed by atoms with Crippen molar-refractivity contribution in [1.29, 1.82) is 0 Å². The number of benzene rings is 6. The molecule has 0 saturated heterocycles. The molecular weight excluding hydrogens is 619 g/mol. The van der Waals surface area contributed by atoms with Gasteiger partial charge in [0.2, 0.25) is 0 Å². The van der Waals surface area contributed by atoms with Gasteiger partial charge < -0.3 is 0 Å². The van der Waals surface area contributed by atoms with Gasteiger partial charge in [-0.15, -0.1) is 0 Å². The molecule has 6 aromatic carbocycles. The number of aliphatic imine (C=N–C) groups is 1. The van der Waals surface area contributed by atoms with Gasteiger partial charge in [-0.3, -0.25) is 9.39 Å². The first-order chi connectivity index (χ1) is 25.2. The van der Waals surface area contributed by atoms with Gasteiger partial charge in [0.05, 0.1) is 22.8 Å². The lowest BCUT2D eigenvalue weighted by Gasteiger charge is -2.23. The molecule has 0 bridgehead atoms. The van der Waals surface area contributed by atoms with Crippen molar-refractivity contribution in [2.45, 2.75) is 12.3 Å². The van der Waals surface area contributed by atoms with Crippen molar-refractivity contribution in [1.82, 2.24) is 9.38 Å².